The van der Waals surface area contributed by atoms with Gasteiger partial charge in [0.1, 0.15) is 11.1 Å². The molecule has 2 aliphatic carbocycles. The monoisotopic (exact) mass is 440 g/mol. The molecule has 3 atom stereocenters. The van der Waals surface area contributed by atoms with Crippen molar-refractivity contribution in [1.29, 1.82) is 0 Å². The molecule has 0 N–H and O–H groups in total. The number of carbonyl (C=O) groups is 1. The number of alkyl halides is 3. The average Bonchev–Trinajstić information content (AvgIpc) is 3.08. The standard InChI is InChI=1S/C22H20ClF3O2S/c1-21(2)16(11-18(23)22(24,25)26)19(21)20(27)28-13-9-12-5-3-6-14(15(12)10-13)17-7-4-8-29-17/h3-8,11,13,16,19H,9-10H2,1-2H3/t13?,16-,19-/m1/s1. The van der Waals surface area contributed by atoms with Crippen LogP contribution in [-0.2, 0) is 22.4 Å². The maximum absolute atomic E-state index is 12.7. The molecule has 1 unspecified atom stereocenters. The molecule has 29 heavy (non-hydrogen) atoms. The molecular weight excluding hydrogens is 421 g/mol. The molecule has 0 spiro atoms. The predicted molar refractivity (Wildman–Crippen MR) is 108 cm³/mol. The third-order valence-corrected chi connectivity index (χ3v) is 7.23. The highest BCUT2D eigenvalue weighted by Gasteiger charge is 2.62. The van der Waals surface area contributed by atoms with Crippen LogP contribution in [0.2, 0.25) is 0 Å². The van der Waals surface area contributed by atoms with E-state index in [2.05, 4.69) is 12.1 Å². The third kappa shape index (κ3) is 3.84. The van der Waals surface area contributed by atoms with Gasteiger partial charge in [0.15, 0.2) is 0 Å². The van der Waals surface area contributed by atoms with E-state index in [9.17, 15) is 18.0 Å². The Kier molecular flexibility index (Phi) is 5.06. The van der Waals surface area contributed by atoms with E-state index in [0.717, 1.165) is 17.2 Å². The van der Waals surface area contributed by atoms with E-state index >= 15 is 0 Å². The molecule has 0 aliphatic heterocycles. The summed E-state index contributed by atoms with van der Waals surface area (Å²) >= 11 is 7.03. The van der Waals surface area contributed by atoms with Gasteiger partial charge in [0.25, 0.3) is 0 Å². The highest BCUT2D eigenvalue weighted by Crippen LogP contribution is 2.60. The average molecular weight is 441 g/mol. The van der Waals surface area contributed by atoms with E-state index in [1.807, 2.05) is 23.6 Å². The van der Waals surface area contributed by atoms with E-state index in [1.165, 1.54) is 10.4 Å². The van der Waals surface area contributed by atoms with E-state index in [4.69, 9.17) is 16.3 Å². The van der Waals surface area contributed by atoms with E-state index in [-0.39, 0.29) is 6.10 Å². The van der Waals surface area contributed by atoms with Gasteiger partial charge in [-0.1, -0.05) is 55.8 Å². The van der Waals surface area contributed by atoms with Gasteiger partial charge < -0.3 is 4.74 Å². The van der Waals surface area contributed by atoms with Gasteiger partial charge in [-0.25, -0.2) is 0 Å². The number of ether oxygens (including phenoxy) is 1. The summed E-state index contributed by atoms with van der Waals surface area (Å²) in [5, 5.41) is 0.843. The van der Waals surface area contributed by atoms with Crippen molar-refractivity contribution >= 4 is 28.9 Å². The van der Waals surface area contributed by atoms with Crippen molar-refractivity contribution in [3.63, 3.8) is 0 Å². The summed E-state index contributed by atoms with van der Waals surface area (Å²) in [5.74, 6) is -1.63. The first-order valence-electron chi connectivity index (χ1n) is 9.38. The Balaban J connectivity index is 1.46. The predicted octanol–water partition coefficient (Wildman–Crippen LogP) is 6.38. The summed E-state index contributed by atoms with van der Waals surface area (Å²) in [6.45, 7) is 3.53. The van der Waals surface area contributed by atoms with E-state index < -0.39 is 34.4 Å². The van der Waals surface area contributed by atoms with Gasteiger partial charge in [-0.05, 0) is 39.5 Å². The maximum Gasteiger partial charge on any atom is 0.426 e. The number of hydrogen-bond acceptors (Lipinski definition) is 3. The molecule has 1 aromatic heterocycles. The number of carbonyl (C=O) groups excluding carboxylic acids is 1. The highest BCUT2D eigenvalue weighted by molar-refractivity contribution is 7.13. The van der Waals surface area contributed by atoms with Crippen LogP contribution in [0.4, 0.5) is 13.2 Å². The Morgan fingerprint density at radius 2 is 2.00 bits per heavy atom. The van der Waals surface area contributed by atoms with Crippen molar-refractivity contribution < 1.29 is 22.7 Å². The molecule has 2 aromatic rings. The fourth-order valence-electron chi connectivity index (χ4n) is 4.29. The molecule has 1 aromatic carbocycles. The lowest BCUT2D eigenvalue weighted by atomic mass is 10.0. The van der Waals surface area contributed by atoms with Crippen molar-refractivity contribution in [3.05, 3.63) is 57.9 Å². The van der Waals surface area contributed by atoms with Crippen LogP contribution in [0.1, 0.15) is 25.0 Å². The Morgan fingerprint density at radius 1 is 1.24 bits per heavy atom. The van der Waals surface area contributed by atoms with Crippen LogP contribution in [0, 0.1) is 17.3 Å². The first kappa shape index (κ1) is 20.5. The second kappa shape index (κ2) is 7.17. The lowest BCUT2D eigenvalue weighted by Crippen LogP contribution is -2.21. The van der Waals surface area contributed by atoms with Crippen LogP contribution in [-0.4, -0.2) is 18.2 Å². The maximum atomic E-state index is 12.7. The smallest absolute Gasteiger partial charge is 0.426 e. The largest absolute Gasteiger partial charge is 0.461 e. The number of halogens is 4. The second-order valence-corrected chi connectivity index (χ2v) is 9.58. The quantitative estimate of drug-likeness (QED) is 0.515. The lowest BCUT2D eigenvalue weighted by molar-refractivity contribution is -0.151. The zero-order valence-corrected chi connectivity index (χ0v) is 17.5. The molecule has 2 nitrogen and oxygen atoms in total. The molecule has 7 heteroatoms. The summed E-state index contributed by atoms with van der Waals surface area (Å²) in [7, 11) is 0. The SMILES string of the molecule is CC1(C)[C@H](C=C(Cl)C(F)(F)F)[C@@H]1C(=O)OC1Cc2cccc(-c3cccs3)c2C1. The molecule has 1 fully saturated rings. The first-order valence-corrected chi connectivity index (χ1v) is 10.6. The summed E-state index contributed by atoms with van der Waals surface area (Å²) in [6, 6.07) is 10.2. The Bertz CT molecular complexity index is 963. The Labute approximate surface area is 176 Å². The lowest BCUT2D eigenvalue weighted by Gasteiger charge is -2.12. The van der Waals surface area contributed by atoms with Crippen molar-refractivity contribution in [3.8, 4) is 10.4 Å². The number of esters is 1. The van der Waals surface area contributed by atoms with Crippen molar-refractivity contribution in [1.82, 2.24) is 0 Å². The number of benzene rings is 1. The summed E-state index contributed by atoms with van der Waals surface area (Å²) in [6.07, 6.45) is -2.70. The molecule has 0 amide bonds. The van der Waals surface area contributed by atoms with Gasteiger partial charge in [-0.3, -0.25) is 4.79 Å². The normalized spacial score (nSPS) is 25.6. The molecule has 2 aliphatic rings. The van der Waals surface area contributed by atoms with Gasteiger partial charge in [0.2, 0.25) is 0 Å². The molecule has 1 heterocycles. The molecule has 154 valence electrons. The van der Waals surface area contributed by atoms with Crippen molar-refractivity contribution in [2.24, 2.45) is 17.3 Å². The van der Waals surface area contributed by atoms with Gasteiger partial charge in [0.05, 0.1) is 5.92 Å². The number of fused-ring (bicyclic) bond motifs is 1. The molecule has 1 saturated carbocycles. The fraction of sp³-hybridized carbons (Fsp3) is 0.409. The number of hydrogen-bond donors (Lipinski definition) is 0. The summed E-state index contributed by atoms with van der Waals surface area (Å²) in [5.41, 5.74) is 2.89. The molecular formula is C22H20ClF3O2S. The van der Waals surface area contributed by atoms with Crippen LogP contribution in [0.25, 0.3) is 10.4 Å². The van der Waals surface area contributed by atoms with Gasteiger partial charge in [0, 0.05) is 17.7 Å². The van der Waals surface area contributed by atoms with Crippen LogP contribution < -0.4 is 0 Å². The molecule has 0 radical (unpaired) electrons. The number of thiophene rings is 1. The third-order valence-electron chi connectivity index (χ3n) is 5.98. The topological polar surface area (TPSA) is 26.3 Å². The van der Waals surface area contributed by atoms with Crippen molar-refractivity contribution in [2.75, 3.05) is 0 Å². The number of rotatable bonds is 4. The van der Waals surface area contributed by atoms with Crippen molar-refractivity contribution in [2.45, 2.75) is 39.0 Å². The Morgan fingerprint density at radius 3 is 2.66 bits per heavy atom. The van der Waals surface area contributed by atoms with Crippen LogP contribution in [0.15, 0.2) is 46.8 Å². The summed E-state index contributed by atoms with van der Waals surface area (Å²) < 4.78 is 43.9. The number of allylic oxidation sites excluding steroid dienone is 2. The zero-order valence-electron chi connectivity index (χ0n) is 15.9. The molecule has 0 saturated heterocycles. The first-order chi connectivity index (χ1) is 13.6. The van der Waals surface area contributed by atoms with Gasteiger partial charge >= 0.3 is 12.1 Å². The summed E-state index contributed by atoms with van der Waals surface area (Å²) in [4.78, 5) is 13.9. The minimum atomic E-state index is -4.60. The van der Waals surface area contributed by atoms with Crippen LogP contribution in [0.3, 0.4) is 0 Å². The van der Waals surface area contributed by atoms with Crippen LogP contribution in [0.5, 0.6) is 0 Å². The minimum absolute atomic E-state index is 0.294. The zero-order chi connectivity index (χ0) is 21.0. The molecule has 4 rings (SSSR count). The fourth-order valence-corrected chi connectivity index (χ4v) is 5.20. The van der Waals surface area contributed by atoms with E-state index in [1.54, 1.807) is 25.2 Å². The van der Waals surface area contributed by atoms with Gasteiger partial charge in [-0.15, -0.1) is 11.3 Å². The second-order valence-electron chi connectivity index (χ2n) is 8.22. The highest BCUT2D eigenvalue weighted by atomic mass is 35.5. The van der Waals surface area contributed by atoms with Crippen LogP contribution >= 0.6 is 22.9 Å². The Hall–Kier alpha value is -1.79. The minimum Gasteiger partial charge on any atom is -0.461 e. The van der Waals surface area contributed by atoms with E-state index in [0.29, 0.717) is 12.8 Å². The van der Waals surface area contributed by atoms with Gasteiger partial charge in [-0.2, -0.15) is 13.2 Å². The molecule has 0 bridgehead atoms.